The van der Waals surface area contributed by atoms with Crippen molar-refractivity contribution >= 4 is 0 Å². The van der Waals surface area contributed by atoms with Gasteiger partial charge in [0, 0.05) is 5.56 Å². The number of rotatable bonds is 5. The van der Waals surface area contributed by atoms with Crippen molar-refractivity contribution in [2.45, 2.75) is 52.5 Å². The van der Waals surface area contributed by atoms with E-state index >= 15 is 0 Å². The average Bonchev–Trinajstić information content (AvgIpc) is 2.85. The molecule has 0 spiro atoms. The Morgan fingerprint density at radius 1 is 1.10 bits per heavy atom. The minimum atomic E-state index is 0.192. The molecular formula is C19H27NO. The fourth-order valence-electron chi connectivity index (χ4n) is 2.51. The molecule has 0 fully saturated rings. The minimum Gasteiger partial charge on any atom is -0.469 e. The topological polar surface area (TPSA) is 25.2 Å². The van der Waals surface area contributed by atoms with Gasteiger partial charge in [-0.25, -0.2) is 0 Å². The fraction of sp³-hybridized carbons (Fsp3) is 0.474. The zero-order valence-corrected chi connectivity index (χ0v) is 13.9. The molecule has 0 amide bonds. The van der Waals surface area contributed by atoms with Gasteiger partial charge in [-0.05, 0) is 42.5 Å². The molecule has 1 atom stereocenters. The third-order valence-corrected chi connectivity index (χ3v) is 3.79. The fourth-order valence-corrected chi connectivity index (χ4v) is 2.51. The third-order valence-electron chi connectivity index (χ3n) is 3.79. The summed E-state index contributed by atoms with van der Waals surface area (Å²) in [6.07, 6.45) is 2.98. The van der Waals surface area contributed by atoms with Crippen molar-refractivity contribution < 1.29 is 4.42 Å². The summed E-state index contributed by atoms with van der Waals surface area (Å²) in [6, 6.07) is 11.3. The van der Waals surface area contributed by atoms with E-state index in [2.05, 4.69) is 63.3 Å². The van der Waals surface area contributed by atoms with Crippen LogP contribution in [0.25, 0.3) is 0 Å². The molecule has 0 saturated carbocycles. The maximum absolute atomic E-state index is 5.48. The molecule has 2 nitrogen and oxygen atoms in total. The van der Waals surface area contributed by atoms with E-state index in [9.17, 15) is 0 Å². The normalized spacial score (nSPS) is 13.4. The summed E-state index contributed by atoms with van der Waals surface area (Å²) < 4.78 is 5.48. The summed E-state index contributed by atoms with van der Waals surface area (Å²) in [5.74, 6) is 0.958. The minimum absolute atomic E-state index is 0.192. The maximum Gasteiger partial charge on any atom is 0.101 e. The van der Waals surface area contributed by atoms with Crippen molar-refractivity contribution in [1.82, 2.24) is 5.32 Å². The summed E-state index contributed by atoms with van der Waals surface area (Å²) in [4.78, 5) is 0. The molecule has 0 aliphatic heterocycles. The van der Waals surface area contributed by atoms with Crippen LogP contribution in [-0.2, 0) is 5.41 Å². The van der Waals surface area contributed by atoms with Crippen LogP contribution in [0.3, 0.4) is 0 Å². The predicted octanol–water partition coefficient (Wildman–Crippen LogP) is 4.97. The molecular weight excluding hydrogens is 258 g/mol. The Labute approximate surface area is 128 Å². The SMILES string of the molecule is CCCNC(c1ccc(C(C)(C)C)cc1)c1coc(C)c1. The lowest BCUT2D eigenvalue weighted by Crippen LogP contribution is -2.23. The molecule has 114 valence electrons. The molecule has 21 heavy (non-hydrogen) atoms. The molecule has 2 aromatic rings. The van der Waals surface area contributed by atoms with E-state index in [1.54, 1.807) is 0 Å². The third kappa shape index (κ3) is 3.98. The van der Waals surface area contributed by atoms with Crippen LogP contribution in [0.1, 0.15) is 62.6 Å². The number of furan rings is 1. The van der Waals surface area contributed by atoms with Crippen LogP contribution in [-0.4, -0.2) is 6.54 Å². The van der Waals surface area contributed by atoms with Gasteiger partial charge >= 0.3 is 0 Å². The van der Waals surface area contributed by atoms with Gasteiger partial charge in [0.1, 0.15) is 5.76 Å². The summed E-state index contributed by atoms with van der Waals surface area (Å²) in [5.41, 5.74) is 4.04. The van der Waals surface area contributed by atoms with Crippen LogP contribution in [0, 0.1) is 6.92 Å². The van der Waals surface area contributed by atoms with Crippen molar-refractivity contribution in [3.05, 3.63) is 59.0 Å². The molecule has 1 heterocycles. The molecule has 0 radical (unpaired) electrons. The van der Waals surface area contributed by atoms with Crippen LogP contribution in [0.15, 0.2) is 41.0 Å². The Kier molecular flexibility index (Phi) is 4.89. The first-order valence-electron chi connectivity index (χ1n) is 7.80. The van der Waals surface area contributed by atoms with Crippen LogP contribution < -0.4 is 5.32 Å². The Bertz CT molecular complexity index is 560. The predicted molar refractivity (Wildman–Crippen MR) is 88.7 cm³/mol. The van der Waals surface area contributed by atoms with E-state index in [4.69, 9.17) is 4.42 Å². The monoisotopic (exact) mass is 285 g/mol. The average molecular weight is 285 g/mol. The highest BCUT2D eigenvalue weighted by Crippen LogP contribution is 2.27. The molecule has 2 rings (SSSR count). The van der Waals surface area contributed by atoms with Gasteiger partial charge in [-0.2, -0.15) is 0 Å². The van der Waals surface area contributed by atoms with Gasteiger partial charge in [-0.3, -0.25) is 0 Å². The highest BCUT2D eigenvalue weighted by Gasteiger charge is 2.17. The quantitative estimate of drug-likeness (QED) is 0.838. The van der Waals surface area contributed by atoms with E-state index in [1.165, 1.54) is 16.7 Å². The highest BCUT2D eigenvalue weighted by atomic mass is 16.3. The second-order valence-corrected chi connectivity index (χ2v) is 6.75. The first kappa shape index (κ1) is 15.8. The summed E-state index contributed by atoms with van der Waals surface area (Å²) in [7, 11) is 0. The van der Waals surface area contributed by atoms with E-state index < -0.39 is 0 Å². The van der Waals surface area contributed by atoms with Gasteiger partial charge in [-0.15, -0.1) is 0 Å². The van der Waals surface area contributed by atoms with E-state index in [1.807, 2.05) is 13.2 Å². The largest absolute Gasteiger partial charge is 0.469 e. The zero-order chi connectivity index (χ0) is 15.5. The number of aryl methyl sites for hydroxylation is 1. The summed E-state index contributed by atoms with van der Waals surface area (Å²) >= 11 is 0. The van der Waals surface area contributed by atoms with Crippen LogP contribution >= 0.6 is 0 Å². The van der Waals surface area contributed by atoms with Crippen molar-refractivity contribution in [3.63, 3.8) is 0 Å². The number of hydrogen-bond acceptors (Lipinski definition) is 2. The molecule has 0 saturated heterocycles. The molecule has 0 aliphatic carbocycles. The molecule has 1 aromatic carbocycles. The van der Waals surface area contributed by atoms with Gasteiger partial charge in [0.15, 0.2) is 0 Å². The lowest BCUT2D eigenvalue weighted by Gasteiger charge is -2.22. The molecule has 1 N–H and O–H groups in total. The number of hydrogen-bond donors (Lipinski definition) is 1. The maximum atomic E-state index is 5.48. The van der Waals surface area contributed by atoms with Crippen molar-refractivity contribution in [3.8, 4) is 0 Å². The number of benzene rings is 1. The second-order valence-electron chi connectivity index (χ2n) is 6.75. The Balaban J connectivity index is 2.28. The zero-order valence-electron chi connectivity index (χ0n) is 13.9. The first-order chi connectivity index (χ1) is 9.91. The van der Waals surface area contributed by atoms with Gasteiger partial charge in [0.2, 0.25) is 0 Å². The van der Waals surface area contributed by atoms with Gasteiger partial charge < -0.3 is 9.73 Å². The Morgan fingerprint density at radius 2 is 1.76 bits per heavy atom. The standard InChI is InChI=1S/C19H27NO/c1-6-11-20-18(16-12-14(2)21-13-16)15-7-9-17(10-8-15)19(3,4)5/h7-10,12-13,18,20H,6,11H2,1-5H3. The number of nitrogens with one attached hydrogen (secondary N) is 1. The van der Waals surface area contributed by atoms with E-state index in [-0.39, 0.29) is 11.5 Å². The smallest absolute Gasteiger partial charge is 0.101 e. The van der Waals surface area contributed by atoms with E-state index in [0.29, 0.717) is 0 Å². The second kappa shape index (κ2) is 6.48. The first-order valence-corrected chi connectivity index (χ1v) is 7.80. The van der Waals surface area contributed by atoms with Crippen molar-refractivity contribution in [1.29, 1.82) is 0 Å². The molecule has 1 unspecified atom stereocenters. The summed E-state index contributed by atoms with van der Waals surface area (Å²) in [5, 5.41) is 3.61. The van der Waals surface area contributed by atoms with Crippen molar-refractivity contribution in [2.24, 2.45) is 0 Å². The van der Waals surface area contributed by atoms with Gasteiger partial charge in [0.25, 0.3) is 0 Å². The lowest BCUT2D eigenvalue weighted by molar-refractivity contribution is 0.523. The van der Waals surface area contributed by atoms with Crippen LogP contribution in [0.2, 0.25) is 0 Å². The molecule has 0 aliphatic rings. The van der Waals surface area contributed by atoms with Crippen molar-refractivity contribution in [2.75, 3.05) is 6.54 Å². The van der Waals surface area contributed by atoms with E-state index in [0.717, 1.165) is 18.7 Å². The summed E-state index contributed by atoms with van der Waals surface area (Å²) in [6.45, 7) is 11.9. The molecule has 0 bridgehead atoms. The Morgan fingerprint density at radius 3 is 2.24 bits per heavy atom. The molecule has 2 heteroatoms. The van der Waals surface area contributed by atoms with Crippen LogP contribution in [0.4, 0.5) is 0 Å². The highest BCUT2D eigenvalue weighted by molar-refractivity contribution is 5.34. The van der Waals surface area contributed by atoms with Crippen LogP contribution in [0.5, 0.6) is 0 Å². The van der Waals surface area contributed by atoms with Gasteiger partial charge in [0.05, 0.1) is 12.3 Å². The Hall–Kier alpha value is -1.54. The lowest BCUT2D eigenvalue weighted by atomic mass is 9.86. The molecule has 1 aromatic heterocycles. The van der Waals surface area contributed by atoms with Gasteiger partial charge in [-0.1, -0.05) is 52.0 Å².